The lowest BCUT2D eigenvalue weighted by molar-refractivity contribution is 0.677. The second-order valence-corrected chi connectivity index (χ2v) is 3.75. The van der Waals surface area contributed by atoms with E-state index in [1.54, 1.807) is 0 Å². The molecule has 0 atom stereocenters. The van der Waals surface area contributed by atoms with Gasteiger partial charge in [-0.05, 0) is 31.4 Å². The zero-order valence-corrected chi connectivity index (χ0v) is 8.46. The fourth-order valence-electron chi connectivity index (χ4n) is 1.50. The van der Waals surface area contributed by atoms with E-state index in [1.807, 2.05) is 32.0 Å². The maximum Gasteiger partial charge on any atom is 0.0768 e. The zero-order chi connectivity index (χ0) is 9.90. The first-order valence-electron chi connectivity index (χ1n) is 4.61. The van der Waals surface area contributed by atoms with Gasteiger partial charge in [0.05, 0.1) is 11.5 Å². The minimum Gasteiger partial charge on any atom is -0.197 e. The molecule has 1 nitrogen and oxygen atoms in total. The SMILES string of the molecule is CCc1ccccc1C(C)(C)C#N. The Kier molecular flexibility index (Phi) is 2.72. The minimum absolute atomic E-state index is 0.368. The fraction of sp³-hybridized carbons (Fsp3) is 0.417. The van der Waals surface area contributed by atoms with Crippen LogP contribution in [0.1, 0.15) is 31.9 Å². The largest absolute Gasteiger partial charge is 0.197 e. The second-order valence-electron chi connectivity index (χ2n) is 3.75. The lowest BCUT2D eigenvalue weighted by Crippen LogP contribution is -2.16. The van der Waals surface area contributed by atoms with E-state index in [1.165, 1.54) is 5.56 Å². The Morgan fingerprint density at radius 2 is 1.92 bits per heavy atom. The molecular weight excluding hydrogens is 158 g/mol. The van der Waals surface area contributed by atoms with E-state index >= 15 is 0 Å². The molecule has 13 heavy (non-hydrogen) atoms. The van der Waals surface area contributed by atoms with Crippen molar-refractivity contribution in [3.63, 3.8) is 0 Å². The maximum absolute atomic E-state index is 9.02. The Morgan fingerprint density at radius 3 is 2.46 bits per heavy atom. The Bertz CT molecular complexity index is 331. The minimum atomic E-state index is -0.368. The third-order valence-electron chi connectivity index (χ3n) is 2.35. The van der Waals surface area contributed by atoms with Crippen LogP contribution in [0, 0.1) is 11.3 Å². The highest BCUT2D eigenvalue weighted by molar-refractivity contribution is 5.37. The summed E-state index contributed by atoms with van der Waals surface area (Å²) in [7, 11) is 0. The summed E-state index contributed by atoms with van der Waals surface area (Å²) in [5.41, 5.74) is 2.06. The highest BCUT2D eigenvalue weighted by atomic mass is 14.3. The Morgan fingerprint density at radius 1 is 1.31 bits per heavy atom. The molecule has 0 spiro atoms. The molecule has 0 N–H and O–H groups in total. The van der Waals surface area contributed by atoms with Gasteiger partial charge < -0.3 is 0 Å². The number of hydrogen-bond acceptors (Lipinski definition) is 1. The molecule has 1 heteroatoms. The maximum atomic E-state index is 9.02. The summed E-state index contributed by atoms with van der Waals surface area (Å²) in [6.45, 7) is 6.04. The quantitative estimate of drug-likeness (QED) is 0.674. The van der Waals surface area contributed by atoms with E-state index in [4.69, 9.17) is 5.26 Å². The van der Waals surface area contributed by atoms with Gasteiger partial charge >= 0.3 is 0 Å². The molecule has 0 unspecified atom stereocenters. The summed E-state index contributed by atoms with van der Waals surface area (Å²) in [6, 6.07) is 10.5. The van der Waals surface area contributed by atoms with Crippen LogP contribution < -0.4 is 0 Å². The van der Waals surface area contributed by atoms with Gasteiger partial charge in [0.15, 0.2) is 0 Å². The molecule has 0 aliphatic heterocycles. The molecule has 0 bridgehead atoms. The Balaban J connectivity index is 3.22. The monoisotopic (exact) mass is 173 g/mol. The molecule has 0 heterocycles. The van der Waals surface area contributed by atoms with Crippen molar-refractivity contribution >= 4 is 0 Å². The van der Waals surface area contributed by atoms with Crippen LogP contribution in [-0.4, -0.2) is 0 Å². The van der Waals surface area contributed by atoms with Crippen molar-refractivity contribution < 1.29 is 0 Å². The van der Waals surface area contributed by atoms with Gasteiger partial charge in [-0.25, -0.2) is 0 Å². The van der Waals surface area contributed by atoms with Crippen molar-refractivity contribution in [3.05, 3.63) is 35.4 Å². The van der Waals surface area contributed by atoms with Gasteiger partial charge in [-0.3, -0.25) is 0 Å². The first kappa shape index (κ1) is 9.80. The molecule has 0 aliphatic carbocycles. The van der Waals surface area contributed by atoms with Gasteiger partial charge in [0.1, 0.15) is 0 Å². The Hall–Kier alpha value is -1.29. The van der Waals surface area contributed by atoms with E-state index in [0.717, 1.165) is 12.0 Å². The van der Waals surface area contributed by atoms with Crippen LogP contribution in [0.4, 0.5) is 0 Å². The van der Waals surface area contributed by atoms with E-state index in [-0.39, 0.29) is 5.41 Å². The normalized spacial score (nSPS) is 10.9. The van der Waals surface area contributed by atoms with Crippen LogP contribution in [0.15, 0.2) is 24.3 Å². The predicted molar refractivity (Wildman–Crippen MR) is 54.5 cm³/mol. The van der Waals surface area contributed by atoms with Crippen molar-refractivity contribution in [2.45, 2.75) is 32.6 Å². The lowest BCUT2D eigenvalue weighted by atomic mass is 9.82. The van der Waals surface area contributed by atoms with Gasteiger partial charge in [-0.15, -0.1) is 0 Å². The van der Waals surface area contributed by atoms with Gasteiger partial charge in [0.2, 0.25) is 0 Å². The van der Waals surface area contributed by atoms with E-state index in [9.17, 15) is 0 Å². The smallest absolute Gasteiger partial charge is 0.0768 e. The van der Waals surface area contributed by atoms with Crippen LogP contribution in [0.2, 0.25) is 0 Å². The highest BCUT2D eigenvalue weighted by Gasteiger charge is 2.21. The number of rotatable bonds is 2. The highest BCUT2D eigenvalue weighted by Crippen LogP contribution is 2.25. The average molecular weight is 173 g/mol. The molecule has 1 aromatic rings. The van der Waals surface area contributed by atoms with Gasteiger partial charge in [0.25, 0.3) is 0 Å². The van der Waals surface area contributed by atoms with Crippen LogP contribution in [-0.2, 0) is 11.8 Å². The van der Waals surface area contributed by atoms with E-state index < -0.39 is 0 Å². The standard InChI is InChI=1S/C12H15N/c1-4-10-7-5-6-8-11(10)12(2,3)9-13/h5-8H,4H2,1-3H3. The van der Waals surface area contributed by atoms with Gasteiger partial charge in [0, 0.05) is 0 Å². The molecule has 0 aromatic heterocycles. The van der Waals surface area contributed by atoms with Crippen LogP contribution in [0.25, 0.3) is 0 Å². The second kappa shape index (κ2) is 3.62. The number of nitriles is 1. The van der Waals surface area contributed by atoms with Gasteiger partial charge in [-0.1, -0.05) is 31.2 Å². The number of hydrogen-bond donors (Lipinski definition) is 0. The van der Waals surface area contributed by atoms with Crippen LogP contribution in [0.5, 0.6) is 0 Å². The Labute approximate surface area is 80.0 Å². The van der Waals surface area contributed by atoms with Crippen molar-refractivity contribution in [1.29, 1.82) is 5.26 Å². The first-order chi connectivity index (χ1) is 6.11. The zero-order valence-electron chi connectivity index (χ0n) is 8.46. The summed E-state index contributed by atoms with van der Waals surface area (Å²) in [6.07, 6.45) is 0.987. The topological polar surface area (TPSA) is 23.8 Å². The van der Waals surface area contributed by atoms with Crippen molar-refractivity contribution in [2.75, 3.05) is 0 Å². The van der Waals surface area contributed by atoms with E-state index in [2.05, 4.69) is 19.1 Å². The lowest BCUT2D eigenvalue weighted by Gasteiger charge is -2.19. The number of aryl methyl sites for hydroxylation is 1. The number of benzene rings is 1. The van der Waals surface area contributed by atoms with E-state index in [0.29, 0.717) is 0 Å². The van der Waals surface area contributed by atoms with Crippen molar-refractivity contribution in [2.24, 2.45) is 0 Å². The molecule has 0 saturated carbocycles. The predicted octanol–water partition coefficient (Wildman–Crippen LogP) is 3.05. The summed E-state index contributed by atoms with van der Waals surface area (Å²) in [5.74, 6) is 0. The average Bonchev–Trinajstić information content (AvgIpc) is 2.18. The van der Waals surface area contributed by atoms with Crippen molar-refractivity contribution in [3.8, 4) is 6.07 Å². The molecule has 0 amide bonds. The summed E-state index contributed by atoms with van der Waals surface area (Å²) < 4.78 is 0. The fourth-order valence-corrected chi connectivity index (χ4v) is 1.50. The summed E-state index contributed by atoms with van der Waals surface area (Å²) in [4.78, 5) is 0. The molecule has 1 rings (SSSR count). The third kappa shape index (κ3) is 1.89. The molecule has 0 fully saturated rings. The van der Waals surface area contributed by atoms with Crippen molar-refractivity contribution in [1.82, 2.24) is 0 Å². The molecule has 0 saturated heterocycles. The van der Waals surface area contributed by atoms with Crippen LogP contribution in [0.3, 0.4) is 0 Å². The molecule has 0 aliphatic rings. The molecule has 68 valence electrons. The molecular formula is C12H15N. The number of nitrogens with zero attached hydrogens (tertiary/aromatic N) is 1. The molecule has 0 radical (unpaired) electrons. The van der Waals surface area contributed by atoms with Crippen LogP contribution >= 0.6 is 0 Å². The molecule has 1 aromatic carbocycles. The summed E-state index contributed by atoms with van der Waals surface area (Å²) >= 11 is 0. The summed E-state index contributed by atoms with van der Waals surface area (Å²) in [5, 5.41) is 9.02. The van der Waals surface area contributed by atoms with Gasteiger partial charge in [-0.2, -0.15) is 5.26 Å². The third-order valence-corrected chi connectivity index (χ3v) is 2.35. The first-order valence-corrected chi connectivity index (χ1v) is 4.61.